The van der Waals surface area contributed by atoms with E-state index in [0.717, 1.165) is 31.2 Å². The Balaban J connectivity index is 1.34. The van der Waals surface area contributed by atoms with Crippen LogP contribution >= 0.6 is 0 Å². The molecular formula is C37H50O4. The van der Waals surface area contributed by atoms with Crippen molar-refractivity contribution in [2.24, 2.45) is 59.2 Å². The Labute approximate surface area is 247 Å². The van der Waals surface area contributed by atoms with Crippen LogP contribution in [0, 0.1) is 59.2 Å². The molecule has 6 rings (SSSR count). The lowest BCUT2D eigenvalue weighted by molar-refractivity contribution is -0.139. The zero-order valence-electron chi connectivity index (χ0n) is 25.8. The van der Waals surface area contributed by atoms with Gasteiger partial charge in [-0.3, -0.25) is 14.4 Å². The van der Waals surface area contributed by atoms with Crippen molar-refractivity contribution in [1.82, 2.24) is 0 Å². The summed E-state index contributed by atoms with van der Waals surface area (Å²) >= 11 is 0. The third-order valence-corrected chi connectivity index (χ3v) is 12.6. The van der Waals surface area contributed by atoms with E-state index in [9.17, 15) is 14.4 Å². The minimum atomic E-state index is -0.945. The van der Waals surface area contributed by atoms with Gasteiger partial charge in [0.1, 0.15) is 23.0 Å². The highest BCUT2D eigenvalue weighted by Gasteiger charge is 2.73. The fraction of sp³-hybridized carbons (Fsp3) is 0.703. The maximum absolute atomic E-state index is 14.7. The van der Waals surface area contributed by atoms with Crippen LogP contribution in [0.2, 0.25) is 0 Å². The summed E-state index contributed by atoms with van der Waals surface area (Å²) in [6.07, 6.45) is 12.2. The van der Waals surface area contributed by atoms with E-state index < -0.39 is 29.5 Å². The molecule has 1 saturated heterocycles. The van der Waals surface area contributed by atoms with E-state index >= 15 is 0 Å². The van der Waals surface area contributed by atoms with Gasteiger partial charge >= 0.3 is 0 Å². The zero-order valence-corrected chi connectivity index (χ0v) is 25.8. The summed E-state index contributed by atoms with van der Waals surface area (Å²) < 4.78 is 6.75. The standard InChI is InChI=1S/C37H50O4/c1-6-25-12-9-13-26(18-25)19-29(38)33-31-16-17-37(41-31)34(30(39)20-27-14-7-10-21(2)23(27)4)32(36(40)35(33)37)28-15-8-11-22(3)24(28)5/h9,12-13,16-18,21-24,27-28,31-35H,6-8,10-11,14-15,19-20H2,1-5H3. The minimum absolute atomic E-state index is 0.0828. The molecule has 2 heterocycles. The van der Waals surface area contributed by atoms with Gasteiger partial charge in [0.15, 0.2) is 0 Å². The first-order valence-electron chi connectivity index (χ1n) is 16.7. The molecule has 0 radical (unpaired) electrons. The van der Waals surface area contributed by atoms with Gasteiger partial charge in [-0.05, 0) is 65.9 Å². The number of benzene rings is 1. The average molecular weight is 559 g/mol. The molecule has 4 heteroatoms. The van der Waals surface area contributed by atoms with Crippen LogP contribution in [-0.2, 0) is 32.0 Å². The van der Waals surface area contributed by atoms with Crippen LogP contribution in [0.25, 0.3) is 0 Å². The highest BCUT2D eigenvalue weighted by molar-refractivity contribution is 6.02. The summed E-state index contributed by atoms with van der Waals surface area (Å²) in [4.78, 5) is 43.3. The van der Waals surface area contributed by atoms with E-state index in [0.29, 0.717) is 42.4 Å². The molecule has 2 bridgehead atoms. The molecule has 3 aliphatic carbocycles. The van der Waals surface area contributed by atoms with Crippen molar-refractivity contribution in [1.29, 1.82) is 0 Å². The van der Waals surface area contributed by atoms with Crippen molar-refractivity contribution in [3.63, 3.8) is 0 Å². The Morgan fingerprint density at radius 2 is 1.63 bits per heavy atom. The second-order valence-corrected chi connectivity index (χ2v) is 14.6. The molecule has 1 aromatic carbocycles. The van der Waals surface area contributed by atoms with Crippen LogP contribution in [0.3, 0.4) is 0 Å². The van der Waals surface area contributed by atoms with Gasteiger partial charge in [-0.2, -0.15) is 0 Å². The van der Waals surface area contributed by atoms with Crippen molar-refractivity contribution < 1.29 is 19.1 Å². The van der Waals surface area contributed by atoms with Crippen molar-refractivity contribution in [3.8, 4) is 0 Å². The topological polar surface area (TPSA) is 60.4 Å². The number of ketones is 3. The molecule has 0 N–H and O–H groups in total. The number of carbonyl (C=O) groups excluding carboxylic acids is 3. The molecule has 12 atom stereocenters. The monoisotopic (exact) mass is 558 g/mol. The Hall–Kier alpha value is -2.07. The van der Waals surface area contributed by atoms with Gasteiger partial charge in [0.25, 0.3) is 0 Å². The quantitative estimate of drug-likeness (QED) is 0.316. The Kier molecular flexibility index (Phi) is 7.94. The highest BCUT2D eigenvalue weighted by atomic mass is 16.5. The number of carbonyl (C=O) groups is 3. The van der Waals surface area contributed by atoms with Gasteiger partial charge < -0.3 is 4.74 Å². The summed E-state index contributed by atoms with van der Waals surface area (Å²) in [5.41, 5.74) is 1.27. The molecule has 4 fully saturated rings. The third-order valence-electron chi connectivity index (χ3n) is 12.6. The smallest absolute Gasteiger partial charge is 0.144 e. The van der Waals surface area contributed by atoms with E-state index in [1.165, 1.54) is 24.8 Å². The van der Waals surface area contributed by atoms with Crippen LogP contribution in [0.4, 0.5) is 0 Å². The summed E-state index contributed by atoms with van der Waals surface area (Å²) in [7, 11) is 0. The first-order valence-corrected chi connectivity index (χ1v) is 16.7. The molecule has 4 nitrogen and oxygen atoms in total. The lowest BCUT2D eigenvalue weighted by atomic mass is 9.63. The number of Topliss-reactive ketones (excluding diaryl/α,β-unsaturated/α-hetero) is 3. The summed E-state index contributed by atoms with van der Waals surface area (Å²) in [5.74, 6) is 1.19. The first kappa shape index (κ1) is 29.0. The molecule has 3 saturated carbocycles. The predicted octanol–water partition coefficient (Wildman–Crippen LogP) is 7.22. The summed E-state index contributed by atoms with van der Waals surface area (Å²) in [5, 5.41) is 0. The SMILES string of the molecule is CCc1cccc(CC(=O)C2C3C=CC4(O3)C2C(=O)C(C2CCCC(C)C2C)C4C(=O)CC2CCCC(C)C2C)c1. The molecule has 222 valence electrons. The number of aryl methyl sites for hydroxylation is 1. The predicted molar refractivity (Wildman–Crippen MR) is 161 cm³/mol. The maximum atomic E-state index is 14.7. The number of hydrogen-bond donors (Lipinski definition) is 0. The van der Waals surface area contributed by atoms with Crippen LogP contribution in [0.5, 0.6) is 0 Å². The second-order valence-electron chi connectivity index (χ2n) is 14.6. The Bertz CT molecular complexity index is 1220. The van der Waals surface area contributed by atoms with Gasteiger partial charge in [-0.25, -0.2) is 0 Å². The molecule has 2 aliphatic heterocycles. The number of ether oxygens (including phenoxy) is 1. The van der Waals surface area contributed by atoms with Gasteiger partial charge in [-0.1, -0.05) is 96.7 Å². The Morgan fingerprint density at radius 1 is 0.927 bits per heavy atom. The molecule has 0 amide bonds. The molecule has 0 aromatic heterocycles. The summed E-state index contributed by atoms with van der Waals surface area (Å²) in [6, 6.07) is 8.23. The van der Waals surface area contributed by atoms with Crippen LogP contribution in [0.15, 0.2) is 36.4 Å². The molecule has 1 spiro atoms. The Morgan fingerprint density at radius 3 is 2.39 bits per heavy atom. The molecule has 5 aliphatic rings. The minimum Gasteiger partial charge on any atom is -0.361 e. The lowest BCUT2D eigenvalue weighted by Crippen LogP contribution is -2.45. The normalized spacial score (nSPS) is 43.3. The van der Waals surface area contributed by atoms with E-state index in [1.54, 1.807) is 0 Å². The van der Waals surface area contributed by atoms with Gasteiger partial charge in [0, 0.05) is 18.8 Å². The van der Waals surface area contributed by atoms with E-state index in [4.69, 9.17) is 4.74 Å². The average Bonchev–Trinajstić information content (AvgIpc) is 3.60. The fourth-order valence-electron chi connectivity index (χ4n) is 9.88. The number of hydrogen-bond acceptors (Lipinski definition) is 4. The lowest BCUT2D eigenvalue weighted by Gasteiger charge is -2.41. The highest BCUT2D eigenvalue weighted by Crippen LogP contribution is 2.62. The number of fused-ring (bicyclic) bond motifs is 1. The van der Waals surface area contributed by atoms with Crippen LogP contribution in [-0.4, -0.2) is 29.1 Å². The largest absolute Gasteiger partial charge is 0.361 e. The zero-order chi connectivity index (χ0) is 29.1. The molecular weight excluding hydrogens is 508 g/mol. The molecule has 41 heavy (non-hydrogen) atoms. The third kappa shape index (κ3) is 4.81. The molecule has 12 unspecified atom stereocenters. The van der Waals surface area contributed by atoms with Gasteiger partial charge in [-0.15, -0.1) is 0 Å². The molecule has 1 aromatic rings. The summed E-state index contributed by atoms with van der Waals surface area (Å²) in [6.45, 7) is 11.3. The van der Waals surface area contributed by atoms with Gasteiger partial charge in [0.05, 0.1) is 23.9 Å². The van der Waals surface area contributed by atoms with Crippen molar-refractivity contribution >= 4 is 17.3 Å². The van der Waals surface area contributed by atoms with Crippen molar-refractivity contribution in [2.45, 2.75) is 104 Å². The van der Waals surface area contributed by atoms with Gasteiger partial charge in [0.2, 0.25) is 0 Å². The maximum Gasteiger partial charge on any atom is 0.144 e. The van der Waals surface area contributed by atoms with E-state index in [2.05, 4.69) is 46.8 Å². The van der Waals surface area contributed by atoms with E-state index in [1.807, 2.05) is 24.3 Å². The first-order chi connectivity index (χ1) is 19.7. The van der Waals surface area contributed by atoms with Crippen LogP contribution < -0.4 is 0 Å². The van der Waals surface area contributed by atoms with Crippen molar-refractivity contribution in [3.05, 3.63) is 47.5 Å². The van der Waals surface area contributed by atoms with E-state index in [-0.39, 0.29) is 29.2 Å². The van der Waals surface area contributed by atoms with Crippen LogP contribution in [0.1, 0.15) is 90.7 Å². The van der Waals surface area contributed by atoms with Crippen molar-refractivity contribution in [2.75, 3.05) is 0 Å². The fourth-order valence-corrected chi connectivity index (χ4v) is 9.88. The second kappa shape index (κ2) is 11.2. The number of rotatable bonds is 8.